The normalized spacial score (nSPS) is 10.1. The molecule has 0 spiro atoms. The molecule has 15 heavy (non-hydrogen) atoms. The van der Waals surface area contributed by atoms with Crippen molar-refractivity contribution >= 4 is 21.7 Å². The summed E-state index contributed by atoms with van der Waals surface area (Å²) in [4.78, 5) is 11.2. The minimum absolute atomic E-state index is 0.00144. The topological polar surface area (TPSA) is 26.3 Å². The zero-order chi connectivity index (χ0) is 11.3. The largest absolute Gasteiger partial charge is 0.494 e. The van der Waals surface area contributed by atoms with Crippen molar-refractivity contribution in [1.82, 2.24) is 0 Å². The third-order valence-electron chi connectivity index (χ3n) is 1.86. The molecule has 0 aliphatic heterocycles. The monoisotopic (exact) mass is 274 g/mol. The van der Waals surface area contributed by atoms with Crippen LogP contribution in [0.5, 0.6) is 5.75 Å². The van der Waals surface area contributed by atoms with E-state index < -0.39 is 0 Å². The van der Waals surface area contributed by atoms with Crippen LogP contribution in [0.3, 0.4) is 0 Å². The van der Waals surface area contributed by atoms with Crippen LogP contribution in [0.25, 0.3) is 0 Å². The maximum absolute atomic E-state index is 13.0. The number of rotatable bonds is 5. The highest BCUT2D eigenvalue weighted by molar-refractivity contribution is 9.09. The Hall–Kier alpha value is -0.900. The summed E-state index contributed by atoms with van der Waals surface area (Å²) in [5, 5.41) is 0.273. The Bertz CT molecular complexity index is 352. The molecule has 1 aromatic rings. The van der Waals surface area contributed by atoms with E-state index in [4.69, 9.17) is 4.74 Å². The van der Waals surface area contributed by atoms with Gasteiger partial charge < -0.3 is 4.74 Å². The maximum atomic E-state index is 13.0. The average molecular weight is 275 g/mol. The smallest absolute Gasteiger partial charge is 0.147 e. The Morgan fingerprint density at radius 2 is 2.27 bits per heavy atom. The second kappa shape index (κ2) is 5.85. The van der Waals surface area contributed by atoms with E-state index in [0.29, 0.717) is 17.9 Å². The van der Waals surface area contributed by atoms with Crippen LogP contribution >= 0.6 is 15.9 Å². The van der Waals surface area contributed by atoms with Crippen LogP contribution in [0, 0.1) is 5.82 Å². The average Bonchev–Trinajstić information content (AvgIpc) is 2.22. The molecule has 0 saturated heterocycles. The lowest BCUT2D eigenvalue weighted by molar-refractivity contribution is -0.115. The van der Waals surface area contributed by atoms with Gasteiger partial charge in [-0.05, 0) is 25.1 Å². The van der Waals surface area contributed by atoms with E-state index in [1.165, 1.54) is 12.1 Å². The molecule has 0 bridgehead atoms. The second-order valence-corrected chi connectivity index (χ2v) is 3.59. The summed E-state index contributed by atoms with van der Waals surface area (Å²) in [6.45, 7) is 2.35. The van der Waals surface area contributed by atoms with Gasteiger partial charge in [-0.1, -0.05) is 15.9 Å². The van der Waals surface area contributed by atoms with Gasteiger partial charge in [0.1, 0.15) is 17.3 Å². The minimum Gasteiger partial charge on any atom is -0.494 e. The molecule has 1 rings (SSSR count). The Labute approximate surface area is 96.6 Å². The van der Waals surface area contributed by atoms with Gasteiger partial charge in [0.05, 0.1) is 11.9 Å². The summed E-state index contributed by atoms with van der Waals surface area (Å²) < 4.78 is 18.3. The Morgan fingerprint density at radius 3 is 2.87 bits per heavy atom. The molecule has 0 unspecified atom stereocenters. The van der Waals surface area contributed by atoms with E-state index in [1.54, 1.807) is 6.07 Å². The number of hydrogen-bond donors (Lipinski definition) is 0. The first-order chi connectivity index (χ1) is 7.17. The Morgan fingerprint density at radius 1 is 1.53 bits per heavy atom. The van der Waals surface area contributed by atoms with Gasteiger partial charge in [0.15, 0.2) is 0 Å². The summed E-state index contributed by atoms with van der Waals surface area (Å²) in [6.07, 6.45) is 0.193. The van der Waals surface area contributed by atoms with Gasteiger partial charge in [-0.3, -0.25) is 4.79 Å². The molecular formula is C11H12BrFO2. The molecule has 0 saturated carbocycles. The number of ether oxygens (including phenoxy) is 1. The van der Waals surface area contributed by atoms with Gasteiger partial charge in [-0.2, -0.15) is 0 Å². The number of benzene rings is 1. The first-order valence-corrected chi connectivity index (χ1v) is 5.78. The molecule has 4 heteroatoms. The Kier molecular flexibility index (Phi) is 4.75. The maximum Gasteiger partial charge on any atom is 0.147 e. The predicted octanol–water partition coefficient (Wildman–Crippen LogP) is 2.73. The van der Waals surface area contributed by atoms with Crippen LogP contribution in [0.2, 0.25) is 0 Å². The molecule has 0 heterocycles. The molecule has 0 aromatic heterocycles. The van der Waals surface area contributed by atoms with E-state index >= 15 is 0 Å². The molecule has 0 fully saturated rings. The van der Waals surface area contributed by atoms with E-state index in [2.05, 4.69) is 15.9 Å². The summed E-state index contributed by atoms with van der Waals surface area (Å²) in [5.74, 6) is 0.227. The fourth-order valence-electron chi connectivity index (χ4n) is 1.24. The third kappa shape index (κ3) is 3.63. The van der Waals surface area contributed by atoms with Crippen molar-refractivity contribution in [2.24, 2.45) is 0 Å². The molecule has 0 amide bonds. The van der Waals surface area contributed by atoms with Gasteiger partial charge in [-0.25, -0.2) is 4.39 Å². The summed E-state index contributed by atoms with van der Waals surface area (Å²) >= 11 is 3.07. The predicted molar refractivity (Wildman–Crippen MR) is 60.1 cm³/mol. The van der Waals surface area contributed by atoms with Crippen LogP contribution in [-0.4, -0.2) is 17.7 Å². The highest BCUT2D eigenvalue weighted by atomic mass is 79.9. The molecule has 0 aliphatic carbocycles. The van der Waals surface area contributed by atoms with Crippen molar-refractivity contribution in [1.29, 1.82) is 0 Å². The third-order valence-corrected chi connectivity index (χ3v) is 2.48. The fourth-order valence-corrected chi connectivity index (χ4v) is 1.44. The molecule has 0 radical (unpaired) electrons. The molecule has 0 N–H and O–H groups in total. The van der Waals surface area contributed by atoms with Crippen molar-refractivity contribution in [3.05, 3.63) is 29.6 Å². The van der Waals surface area contributed by atoms with Crippen LogP contribution in [0.1, 0.15) is 12.5 Å². The highest BCUT2D eigenvalue weighted by Crippen LogP contribution is 2.20. The van der Waals surface area contributed by atoms with Gasteiger partial charge in [-0.15, -0.1) is 0 Å². The van der Waals surface area contributed by atoms with E-state index in [0.717, 1.165) is 0 Å². The quantitative estimate of drug-likeness (QED) is 0.772. The van der Waals surface area contributed by atoms with Gasteiger partial charge in [0.25, 0.3) is 0 Å². The van der Waals surface area contributed by atoms with E-state index in [-0.39, 0.29) is 23.4 Å². The number of halogens is 2. The molecule has 0 atom stereocenters. The molecule has 0 aliphatic rings. The van der Waals surface area contributed by atoms with Gasteiger partial charge in [0, 0.05) is 12.0 Å². The molecule has 1 aromatic carbocycles. The fraction of sp³-hybridized carbons (Fsp3) is 0.364. The van der Waals surface area contributed by atoms with Crippen molar-refractivity contribution in [2.75, 3.05) is 11.9 Å². The van der Waals surface area contributed by atoms with Gasteiger partial charge >= 0.3 is 0 Å². The van der Waals surface area contributed by atoms with E-state index in [1.807, 2.05) is 6.92 Å². The van der Waals surface area contributed by atoms with Crippen molar-refractivity contribution in [3.8, 4) is 5.75 Å². The van der Waals surface area contributed by atoms with Crippen LogP contribution in [0.15, 0.2) is 18.2 Å². The van der Waals surface area contributed by atoms with E-state index in [9.17, 15) is 9.18 Å². The number of carbonyl (C=O) groups excluding carboxylic acids is 1. The number of ketones is 1. The minimum atomic E-state index is -0.351. The lowest BCUT2D eigenvalue weighted by Gasteiger charge is -2.08. The highest BCUT2D eigenvalue weighted by Gasteiger charge is 2.09. The van der Waals surface area contributed by atoms with Crippen LogP contribution < -0.4 is 4.74 Å². The zero-order valence-corrected chi connectivity index (χ0v) is 10.0. The Balaban J connectivity index is 2.91. The van der Waals surface area contributed by atoms with Gasteiger partial charge in [0.2, 0.25) is 0 Å². The van der Waals surface area contributed by atoms with Crippen molar-refractivity contribution in [3.63, 3.8) is 0 Å². The number of alkyl halides is 1. The molecule has 2 nitrogen and oxygen atoms in total. The molecular weight excluding hydrogens is 263 g/mol. The summed E-state index contributed by atoms with van der Waals surface area (Å²) in [6, 6.07) is 4.22. The second-order valence-electron chi connectivity index (χ2n) is 3.03. The first-order valence-electron chi connectivity index (χ1n) is 4.66. The first kappa shape index (κ1) is 12.2. The van der Waals surface area contributed by atoms with Crippen LogP contribution in [-0.2, 0) is 11.2 Å². The summed E-state index contributed by atoms with van der Waals surface area (Å²) in [7, 11) is 0. The SMILES string of the molecule is CCOc1ccc(F)cc1CC(=O)CBr. The standard InChI is InChI=1S/C11H12BrFO2/c1-2-15-11-4-3-9(13)5-8(11)6-10(14)7-12/h3-5H,2,6-7H2,1H3. The zero-order valence-electron chi connectivity index (χ0n) is 8.43. The lowest BCUT2D eigenvalue weighted by Crippen LogP contribution is -2.06. The molecule has 82 valence electrons. The summed E-state index contributed by atoms with van der Waals surface area (Å²) in [5.41, 5.74) is 0.598. The van der Waals surface area contributed by atoms with Crippen molar-refractivity contribution in [2.45, 2.75) is 13.3 Å². The number of carbonyl (C=O) groups is 1. The van der Waals surface area contributed by atoms with Crippen LogP contribution in [0.4, 0.5) is 4.39 Å². The lowest BCUT2D eigenvalue weighted by atomic mass is 10.1. The number of Topliss-reactive ketones (excluding diaryl/α,β-unsaturated/α-hetero) is 1. The van der Waals surface area contributed by atoms with Crippen molar-refractivity contribution < 1.29 is 13.9 Å². The number of hydrogen-bond acceptors (Lipinski definition) is 2.